The van der Waals surface area contributed by atoms with E-state index in [-0.39, 0.29) is 6.04 Å². The molecular formula is C16H25NO3. The van der Waals surface area contributed by atoms with E-state index in [0.29, 0.717) is 6.61 Å². The second-order valence-corrected chi connectivity index (χ2v) is 6.08. The summed E-state index contributed by atoms with van der Waals surface area (Å²) in [7, 11) is 0. The van der Waals surface area contributed by atoms with Gasteiger partial charge < -0.3 is 14.8 Å². The first-order chi connectivity index (χ1) is 9.19. The van der Waals surface area contributed by atoms with Crippen LogP contribution in [0.2, 0.25) is 0 Å². The van der Waals surface area contributed by atoms with Gasteiger partial charge in [-0.3, -0.25) is 0 Å². The molecule has 4 heteroatoms. The van der Waals surface area contributed by atoms with Crippen LogP contribution in [-0.4, -0.2) is 24.3 Å². The number of para-hydroxylation sites is 1. The van der Waals surface area contributed by atoms with Crippen LogP contribution in [0.1, 0.15) is 38.8 Å². The average Bonchev–Trinajstić information content (AvgIpc) is 2.25. The Kier molecular flexibility index (Phi) is 5.43. The largest absolute Gasteiger partial charge is 0.491 e. The Balaban J connectivity index is 2.48. The Morgan fingerprint density at radius 2 is 1.80 bits per heavy atom. The first-order valence-electron chi connectivity index (χ1n) is 6.87. The molecular weight excluding hydrogens is 254 g/mol. The van der Waals surface area contributed by atoms with E-state index >= 15 is 0 Å². The molecule has 0 saturated heterocycles. The summed E-state index contributed by atoms with van der Waals surface area (Å²) in [6.45, 7) is 11.8. The second-order valence-electron chi connectivity index (χ2n) is 6.08. The van der Waals surface area contributed by atoms with E-state index in [1.54, 1.807) is 0 Å². The van der Waals surface area contributed by atoms with Gasteiger partial charge in [0.05, 0.1) is 6.04 Å². The lowest BCUT2D eigenvalue weighted by atomic mass is 10.1. The number of hydrogen-bond acceptors (Lipinski definition) is 3. The summed E-state index contributed by atoms with van der Waals surface area (Å²) in [5, 5.41) is 2.76. The zero-order chi connectivity index (χ0) is 15.3. The van der Waals surface area contributed by atoms with E-state index in [2.05, 4.69) is 5.32 Å². The number of hydrogen-bond donors (Lipinski definition) is 1. The Bertz CT molecular complexity index is 443. The predicted molar refractivity (Wildman–Crippen MR) is 80.2 cm³/mol. The van der Waals surface area contributed by atoms with Crippen molar-refractivity contribution in [3.63, 3.8) is 0 Å². The Morgan fingerprint density at radius 1 is 1.25 bits per heavy atom. The number of nitrogens with one attached hydrogen (secondary N) is 1. The summed E-state index contributed by atoms with van der Waals surface area (Å²) in [6, 6.07) is 5.89. The van der Waals surface area contributed by atoms with Gasteiger partial charge in [-0.15, -0.1) is 0 Å². The first-order valence-corrected chi connectivity index (χ1v) is 6.87. The minimum atomic E-state index is -0.489. The van der Waals surface area contributed by atoms with Gasteiger partial charge in [0.2, 0.25) is 0 Å². The molecule has 1 N–H and O–H groups in total. The van der Waals surface area contributed by atoms with Crippen molar-refractivity contribution < 1.29 is 14.3 Å². The van der Waals surface area contributed by atoms with E-state index in [9.17, 15) is 4.79 Å². The summed E-state index contributed by atoms with van der Waals surface area (Å²) >= 11 is 0. The van der Waals surface area contributed by atoms with Crippen molar-refractivity contribution >= 4 is 6.09 Å². The third-order valence-electron chi connectivity index (χ3n) is 2.65. The summed E-state index contributed by atoms with van der Waals surface area (Å²) in [5.74, 6) is 0.880. The minimum absolute atomic E-state index is 0.121. The number of carbonyl (C=O) groups is 1. The zero-order valence-corrected chi connectivity index (χ0v) is 13.2. The topological polar surface area (TPSA) is 47.6 Å². The highest BCUT2D eigenvalue weighted by Gasteiger charge is 2.18. The van der Waals surface area contributed by atoms with E-state index in [4.69, 9.17) is 9.47 Å². The molecule has 1 aromatic rings. The highest BCUT2D eigenvalue weighted by Crippen LogP contribution is 2.22. The van der Waals surface area contributed by atoms with Gasteiger partial charge in [0, 0.05) is 0 Å². The molecule has 1 atom stereocenters. The molecule has 0 fully saturated rings. The number of aryl methyl sites for hydroxylation is 2. The minimum Gasteiger partial charge on any atom is -0.491 e. The SMILES string of the molecule is Cc1cccc(C)c1OC[C@@H](C)NC(=O)OC(C)(C)C. The van der Waals surface area contributed by atoms with Crippen molar-refractivity contribution in [1.82, 2.24) is 5.32 Å². The number of carbonyl (C=O) groups excluding carboxylic acids is 1. The average molecular weight is 279 g/mol. The van der Waals surface area contributed by atoms with E-state index in [1.165, 1.54) is 0 Å². The monoisotopic (exact) mass is 279 g/mol. The van der Waals surface area contributed by atoms with Gasteiger partial charge in [0.1, 0.15) is 18.0 Å². The molecule has 4 nitrogen and oxygen atoms in total. The number of benzene rings is 1. The molecule has 1 aromatic carbocycles. The molecule has 0 aliphatic rings. The first kappa shape index (κ1) is 16.3. The molecule has 0 unspecified atom stereocenters. The summed E-state index contributed by atoms with van der Waals surface area (Å²) in [4.78, 5) is 11.6. The quantitative estimate of drug-likeness (QED) is 0.916. The van der Waals surface area contributed by atoms with Gasteiger partial charge >= 0.3 is 6.09 Å². The molecule has 0 bridgehead atoms. The third kappa shape index (κ3) is 5.51. The number of rotatable bonds is 4. The Morgan fingerprint density at radius 3 is 2.30 bits per heavy atom. The fourth-order valence-corrected chi connectivity index (χ4v) is 1.79. The second kappa shape index (κ2) is 6.64. The third-order valence-corrected chi connectivity index (χ3v) is 2.65. The zero-order valence-electron chi connectivity index (χ0n) is 13.2. The molecule has 0 heterocycles. The van der Waals surface area contributed by atoms with Crippen LogP contribution in [0, 0.1) is 13.8 Å². The van der Waals surface area contributed by atoms with E-state index in [1.807, 2.05) is 59.7 Å². The predicted octanol–water partition coefficient (Wildman–Crippen LogP) is 3.60. The van der Waals surface area contributed by atoms with Gasteiger partial charge in [0.25, 0.3) is 0 Å². The standard InChI is InChI=1S/C16H25NO3/c1-11-8-7-9-12(2)14(11)19-10-13(3)17-15(18)20-16(4,5)6/h7-9,13H,10H2,1-6H3,(H,17,18)/t13-/m1/s1. The summed E-state index contributed by atoms with van der Waals surface area (Å²) in [6.07, 6.45) is -0.421. The van der Waals surface area contributed by atoms with Crippen LogP contribution in [-0.2, 0) is 4.74 Å². The van der Waals surface area contributed by atoms with E-state index < -0.39 is 11.7 Å². The molecule has 0 saturated carbocycles. The highest BCUT2D eigenvalue weighted by molar-refractivity contribution is 5.68. The number of amides is 1. The Labute approximate surface area is 121 Å². The van der Waals surface area contributed by atoms with Crippen LogP contribution in [0.25, 0.3) is 0 Å². The van der Waals surface area contributed by atoms with Crippen LogP contribution >= 0.6 is 0 Å². The van der Waals surface area contributed by atoms with Crippen molar-refractivity contribution in [2.75, 3.05) is 6.61 Å². The molecule has 0 aliphatic heterocycles. The maximum atomic E-state index is 11.6. The van der Waals surface area contributed by atoms with Gasteiger partial charge in [-0.05, 0) is 52.7 Å². The molecule has 1 rings (SSSR count). The maximum Gasteiger partial charge on any atom is 0.407 e. The molecule has 20 heavy (non-hydrogen) atoms. The lowest BCUT2D eigenvalue weighted by molar-refractivity contribution is 0.0494. The van der Waals surface area contributed by atoms with Gasteiger partial charge in [0.15, 0.2) is 0 Å². The van der Waals surface area contributed by atoms with Crippen LogP contribution in [0.4, 0.5) is 4.79 Å². The van der Waals surface area contributed by atoms with Crippen LogP contribution in [0.5, 0.6) is 5.75 Å². The van der Waals surface area contributed by atoms with Crippen LogP contribution in [0.15, 0.2) is 18.2 Å². The van der Waals surface area contributed by atoms with Crippen molar-refractivity contribution in [2.24, 2.45) is 0 Å². The molecule has 0 aromatic heterocycles. The maximum absolute atomic E-state index is 11.6. The highest BCUT2D eigenvalue weighted by atomic mass is 16.6. The normalized spacial score (nSPS) is 12.7. The Hall–Kier alpha value is -1.71. The van der Waals surface area contributed by atoms with Gasteiger partial charge in [-0.25, -0.2) is 4.79 Å². The molecule has 0 radical (unpaired) electrons. The lowest BCUT2D eigenvalue weighted by Crippen LogP contribution is -2.40. The molecule has 1 amide bonds. The molecule has 0 aliphatic carbocycles. The van der Waals surface area contributed by atoms with Gasteiger partial charge in [-0.2, -0.15) is 0 Å². The van der Waals surface area contributed by atoms with Crippen LogP contribution in [0.3, 0.4) is 0 Å². The van der Waals surface area contributed by atoms with Crippen LogP contribution < -0.4 is 10.1 Å². The molecule has 112 valence electrons. The van der Waals surface area contributed by atoms with E-state index in [0.717, 1.165) is 16.9 Å². The van der Waals surface area contributed by atoms with Gasteiger partial charge in [-0.1, -0.05) is 18.2 Å². The van der Waals surface area contributed by atoms with Crippen molar-refractivity contribution in [3.05, 3.63) is 29.3 Å². The lowest BCUT2D eigenvalue weighted by Gasteiger charge is -2.22. The summed E-state index contributed by atoms with van der Waals surface area (Å²) in [5.41, 5.74) is 1.70. The number of ether oxygens (including phenoxy) is 2. The van der Waals surface area contributed by atoms with Crippen molar-refractivity contribution in [2.45, 2.75) is 53.2 Å². The number of alkyl carbamates (subject to hydrolysis) is 1. The van der Waals surface area contributed by atoms with Crippen molar-refractivity contribution in [1.29, 1.82) is 0 Å². The molecule has 0 spiro atoms. The smallest absolute Gasteiger partial charge is 0.407 e. The fourth-order valence-electron chi connectivity index (χ4n) is 1.79. The summed E-state index contributed by atoms with van der Waals surface area (Å²) < 4.78 is 11.0. The fraction of sp³-hybridized carbons (Fsp3) is 0.562. The van der Waals surface area contributed by atoms with Crippen molar-refractivity contribution in [3.8, 4) is 5.75 Å².